The zero-order valence-corrected chi connectivity index (χ0v) is 16.7. The fourth-order valence-electron chi connectivity index (χ4n) is 3.30. The van der Waals surface area contributed by atoms with Gasteiger partial charge in [-0.25, -0.2) is 13.1 Å². The Morgan fingerprint density at radius 2 is 2.12 bits per heavy atom. The van der Waals surface area contributed by atoms with Gasteiger partial charge in [-0.05, 0) is 50.8 Å². The first kappa shape index (κ1) is 20.7. The number of likely N-dealkylation sites (tertiary alicyclic amines) is 1. The van der Waals surface area contributed by atoms with Gasteiger partial charge in [0.05, 0.1) is 7.11 Å². The molecule has 1 fully saturated rings. The summed E-state index contributed by atoms with van der Waals surface area (Å²) in [4.78, 5) is 14.7. The van der Waals surface area contributed by atoms with Crippen LogP contribution in [0.2, 0.25) is 0 Å². The van der Waals surface area contributed by atoms with Gasteiger partial charge in [0.15, 0.2) is 0 Å². The number of piperidine rings is 1. The van der Waals surface area contributed by atoms with E-state index < -0.39 is 10.0 Å². The minimum Gasteiger partial charge on any atom is -0.495 e. The van der Waals surface area contributed by atoms with Crippen molar-refractivity contribution in [1.82, 2.24) is 9.62 Å². The summed E-state index contributed by atoms with van der Waals surface area (Å²) in [6.45, 7) is 6.65. The maximum atomic E-state index is 13.0. The molecule has 1 aromatic carbocycles. The van der Waals surface area contributed by atoms with Crippen molar-refractivity contribution in [2.24, 2.45) is 11.7 Å². The van der Waals surface area contributed by atoms with Crippen molar-refractivity contribution in [3.8, 4) is 5.75 Å². The highest BCUT2D eigenvalue weighted by Crippen LogP contribution is 2.28. The molecule has 0 aromatic heterocycles. The number of nitrogens with zero attached hydrogens (tertiary/aromatic N) is 1. The van der Waals surface area contributed by atoms with Crippen molar-refractivity contribution < 1.29 is 17.9 Å². The number of ether oxygens (including phenoxy) is 1. The maximum Gasteiger partial charge on any atom is 0.254 e. The molecule has 1 saturated heterocycles. The highest BCUT2D eigenvalue weighted by molar-refractivity contribution is 7.89. The van der Waals surface area contributed by atoms with Crippen LogP contribution < -0.4 is 15.2 Å². The average molecular weight is 384 g/mol. The van der Waals surface area contributed by atoms with Crippen molar-refractivity contribution in [2.75, 3.05) is 20.2 Å². The molecule has 26 heavy (non-hydrogen) atoms. The lowest BCUT2D eigenvalue weighted by Gasteiger charge is -2.38. The van der Waals surface area contributed by atoms with Gasteiger partial charge in [0.1, 0.15) is 10.6 Å². The molecule has 0 radical (unpaired) electrons. The smallest absolute Gasteiger partial charge is 0.254 e. The summed E-state index contributed by atoms with van der Waals surface area (Å²) in [7, 11) is -2.38. The van der Waals surface area contributed by atoms with Crippen molar-refractivity contribution in [2.45, 2.75) is 50.6 Å². The molecular weight excluding hydrogens is 354 g/mol. The summed E-state index contributed by atoms with van der Waals surface area (Å²) in [6.07, 6.45) is 1.77. The number of hydrogen-bond donors (Lipinski definition) is 2. The van der Waals surface area contributed by atoms with Gasteiger partial charge in [-0.3, -0.25) is 4.79 Å². The minimum atomic E-state index is -3.79. The van der Waals surface area contributed by atoms with Crippen molar-refractivity contribution in [3.05, 3.63) is 23.8 Å². The Bertz CT molecular complexity index is 749. The Morgan fingerprint density at radius 1 is 1.42 bits per heavy atom. The molecule has 8 heteroatoms. The van der Waals surface area contributed by atoms with Gasteiger partial charge >= 0.3 is 0 Å². The van der Waals surface area contributed by atoms with Crippen molar-refractivity contribution in [1.29, 1.82) is 0 Å². The van der Waals surface area contributed by atoms with E-state index in [0.717, 1.165) is 12.8 Å². The molecule has 1 heterocycles. The molecule has 0 saturated carbocycles. The predicted octanol–water partition coefficient (Wildman–Crippen LogP) is 1.58. The number of benzene rings is 1. The molecule has 3 N–H and O–H groups in total. The van der Waals surface area contributed by atoms with E-state index >= 15 is 0 Å². The molecule has 0 aliphatic carbocycles. The Hall–Kier alpha value is -1.64. The Morgan fingerprint density at radius 3 is 2.69 bits per heavy atom. The zero-order valence-electron chi connectivity index (χ0n) is 15.9. The van der Waals surface area contributed by atoms with Gasteiger partial charge in [-0.15, -0.1) is 0 Å². The number of carbonyl (C=O) groups is 1. The number of rotatable bonds is 6. The molecule has 1 aliphatic heterocycles. The van der Waals surface area contributed by atoms with Gasteiger partial charge < -0.3 is 15.4 Å². The van der Waals surface area contributed by atoms with Crippen LogP contribution in [0.4, 0.5) is 0 Å². The average Bonchev–Trinajstić information content (AvgIpc) is 2.59. The molecular formula is C18H29N3O4S. The standard InChI is InChI=1S/C18H29N3O4S/c1-12(2)20-26(23,24)17-10-14(5-6-16(17)25-4)18(22)21-8-7-13(3)9-15(21)11-19/h5-6,10,12-13,15,20H,7-9,11,19H2,1-4H3. The summed E-state index contributed by atoms with van der Waals surface area (Å²) < 4.78 is 32.9. The topological polar surface area (TPSA) is 102 Å². The van der Waals surface area contributed by atoms with E-state index in [2.05, 4.69) is 11.6 Å². The number of methoxy groups -OCH3 is 1. The third-order valence-electron chi connectivity index (χ3n) is 4.60. The van der Waals surface area contributed by atoms with E-state index in [9.17, 15) is 13.2 Å². The largest absolute Gasteiger partial charge is 0.495 e. The van der Waals surface area contributed by atoms with Gasteiger partial charge in [0.25, 0.3) is 5.91 Å². The van der Waals surface area contributed by atoms with E-state index in [1.165, 1.54) is 19.2 Å². The van der Waals surface area contributed by atoms with E-state index in [4.69, 9.17) is 10.5 Å². The van der Waals surface area contributed by atoms with Crippen LogP contribution in [-0.2, 0) is 10.0 Å². The van der Waals surface area contributed by atoms with Gasteiger partial charge in [0, 0.05) is 30.7 Å². The third kappa shape index (κ3) is 4.55. The fourth-order valence-corrected chi connectivity index (χ4v) is 4.75. The number of nitrogens with one attached hydrogen (secondary N) is 1. The van der Waals surface area contributed by atoms with Crippen LogP contribution in [-0.4, -0.2) is 51.5 Å². The lowest BCUT2D eigenvalue weighted by atomic mass is 9.92. The summed E-state index contributed by atoms with van der Waals surface area (Å²) in [5.74, 6) is 0.531. The monoisotopic (exact) mass is 383 g/mol. The Labute approximate surface area is 155 Å². The molecule has 146 valence electrons. The maximum absolute atomic E-state index is 13.0. The fraction of sp³-hybridized carbons (Fsp3) is 0.611. The summed E-state index contributed by atoms with van der Waals surface area (Å²) >= 11 is 0. The highest BCUT2D eigenvalue weighted by atomic mass is 32.2. The SMILES string of the molecule is COc1ccc(C(=O)N2CCC(C)CC2CN)cc1S(=O)(=O)NC(C)C. The van der Waals surface area contributed by atoms with Gasteiger partial charge in [-0.2, -0.15) is 0 Å². The van der Waals surface area contributed by atoms with E-state index in [-0.39, 0.29) is 28.6 Å². The quantitative estimate of drug-likeness (QED) is 0.777. The molecule has 0 bridgehead atoms. The van der Waals surface area contributed by atoms with E-state index in [0.29, 0.717) is 24.6 Å². The summed E-state index contributed by atoms with van der Waals surface area (Å²) in [6, 6.07) is 4.21. The number of sulfonamides is 1. The second kappa shape index (κ2) is 8.37. The molecule has 7 nitrogen and oxygen atoms in total. The van der Waals surface area contributed by atoms with Crippen LogP contribution in [0.25, 0.3) is 0 Å². The van der Waals surface area contributed by atoms with Gasteiger partial charge in [-0.1, -0.05) is 6.92 Å². The van der Waals surface area contributed by atoms with Crippen LogP contribution in [0, 0.1) is 5.92 Å². The normalized spacial score (nSPS) is 21.1. The Kier molecular flexibility index (Phi) is 6.65. The van der Waals surface area contributed by atoms with Crippen LogP contribution >= 0.6 is 0 Å². The molecule has 2 unspecified atom stereocenters. The summed E-state index contributed by atoms with van der Waals surface area (Å²) in [5, 5.41) is 0. The molecule has 1 aliphatic rings. The molecule has 2 rings (SSSR count). The molecule has 1 amide bonds. The first-order chi connectivity index (χ1) is 12.2. The number of hydrogen-bond acceptors (Lipinski definition) is 5. The number of carbonyl (C=O) groups excluding carboxylic acids is 1. The van der Waals surface area contributed by atoms with E-state index in [1.54, 1.807) is 24.8 Å². The third-order valence-corrected chi connectivity index (χ3v) is 6.28. The van der Waals surface area contributed by atoms with Crippen molar-refractivity contribution in [3.63, 3.8) is 0 Å². The van der Waals surface area contributed by atoms with Crippen molar-refractivity contribution >= 4 is 15.9 Å². The van der Waals surface area contributed by atoms with Gasteiger partial charge in [0.2, 0.25) is 10.0 Å². The Balaban J connectivity index is 2.38. The summed E-state index contributed by atoms with van der Waals surface area (Å²) in [5.41, 5.74) is 6.17. The number of nitrogens with two attached hydrogens (primary N) is 1. The first-order valence-corrected chi connectivity index (χ1v) is 10.4. The zero-order chi connectivity index (χ0) is 19.5. The second-order valence-electron chi connectivity index (χ2n) is 7.16. The van der Waals surface area contributed by atoms with Crippen LogP contribution in [0.15, 0.2) is 23.1 Å². The van der Waals surface area contributed by atoms with Crippen LogP contribution in [0.3, 0.4) is 0 Å². The lowest BCUT2D eigenvalue weighted by molar-refractivity contribution is 0.0573. The predicted molar refractivity (Wildman–Crippen MR) is 101 cm³/mol. The first-order valence-electron chi connectivity index (χ1n) is 8.91. The molecule has 1 aromatic rings. The lowest BCUT2D eigenvalue weighted by Crippen LogP contribution is -2.49. The highest BCUT2D eigenvalue weighted by Gasteiger charge is 2.31. The van der Waals surface area contributed by atoms with Crippen LogP contribution in [0.1, 0.15) is 44.0 Å². The molecule has 0 spiro atoms. The molecule has 2 atom stereocenters. The second-order valence-corrected chi connectivity index (χ2v) is 8.84. The van der Waals surface area contributed by atoms with E-state index in [1.807, 2.05) is 0 Å². The number of amides is 1. The van der Waals surface area contributed by atoms with Crippen LogP contribution in [0.5, 0.6) is 5.75 Å². The minimum absolute atomic E-state index is 0.0257.